The van der Waals surface area contributed by atoms with Gasteiger partial charge in [0.1, 0.15) is 5.69 Å². The van der Waals surface area contributed by atoms with Gasteiger partial charge in [-0.3, -0.25) is 10.1 Å². The standard InChI is InChI=1S/C12H18N2O3/c1-8-4-5-11(12(6-8)14(16)17)13-9(2)7-10(3)15/h4-6,9-10,13,15H,7H2,1-3H3. The quantitative estimate of drug-likeness (QED) is 0.610. The van der Waals surface area contributed by atoms with E-state index < -0.39 is 11.0 Å². The zero-order valence-electron chi connectivity index (χ0n) is 10.3. The molecule has 94 valence electrons. The van der Waals surface area contributed by atoms with Gasteiger partial charge in [-0.1, -0.05) is 6.07 Å². The Hall–Kier alpha value is -1.62. The Morgan fingerprint density at radius 2 is 2.12 bits per heavy atom. The maximum absolute atomic E-state index is 10.9. The number of aliphatic hydroxyl groups excluding tert-OH is 1. The fourth-order valence-corrected chi connectivity index (χ4v) is 1.75. The number of anilines is 1. The summed E-state index contributed by atoms with van der Waals surface area (Å²) < 4.78 is 0. The van der Waals surface area contributed by atoms with Crippen molar-refractivity contribution < 1.29 is 10.0 Å². The molecule has 0 fully saturated rings. The second-order valence-electron chi connectivity index (χ2n) is 4.41. The van der Waals surface area contributed by atoms with E-state index in [4.69, 9.17) is 0 Å². The van der Waals surface area contributed by atoms with Crippen molar-refractivity contribution >= 4 is 11.4 Å². The number of nitrogens with zero attached hydrogens (tertiary/aromatic N) is 1. The first-order valence-electron chi connectivity index (χ1n) is 5.59. The lowest BCUT2D eigenvalue weighted by molar-refractivity contribution is -0.384. The smallest absolute Gasteiger partial charge is 0.292 e. The fraction of sp³-hybridized carbons (Fsp3) is 0.500. The van der Waals surface area contributed by atoms with Crippen molar-refractivity contribution in [3.8, 4) is 0 Å². The molecule has 2 unspecified atom stereocenters. The van der Waals surface area contributed by atoms with E-state index in [-0.39, 0.29) is 11.7 Å². The minimum atomic E-state index is -0.429. The minimum Gasteiger partial charge on any atom is -0.393 e. The van der Waals surface area contributed by atoms with E-state index in [1.165, 1.54) is 6.07 Å². The number of nitro benzene ring substituents is 1. The summed E-state index contributed by atoms with van der Waals surface area (Å²) in [6.45, 7) is 5.40. The van der Waals surface area contributed by atoms with Gasteiger partial charge in [0.25, 0.3) is 5.69 Å². The molecule has 17 heavy (non-hydrogen) atoms. The third-order valence-corrected chi connectivity index (χ3v) is 2.45. The van der Waals surface area contributed by atoms with E-state index >= 15 is 0 Å². The molecule has 0 aromatic heterocycles. The van der Waals surface area contributed by atoms with Gasteiger partial charge in [-0.15, -0.1) is 0 Å². The highest BCUT2D eigenvalue weighted by Crippen LogP contribution is 2.26. The van der Waals surface area contributed by atoms with Gasteiger partial charge < -0.3 is 10.4 Å². The average Bonchev–Trinajstić information content (AvgIpc) is 2.19. The first-order chi connectivity index (χ1) is 7.90. The van der Waals surface area contributed by atoms with Gasteiger partial charge in [0.15, 0.2) is 0 Å². The highest BCUT2D eigenvalue weighted by atomic mass is 16.6. The van der Waals surface area contributed by atoms with Gasteiger partial charge in [0.2, 0.25) is 0 Å². The van der Waals surface area contributed by atoms with Crippen LogP contribution in [0.25, 0.3) is 0 Å². The van der Waals surface area contributed by atoms with Crippen LogP contribution in [0.4, 0.5) is 11.4 Å². The van der Waals surface area contributed by atoms with Gasteiger partial charge in [0.05, 0.1) is 11.0 Å². The van der Waals surface area contributed by atoms with Crippen LogP contribution in [0.1, 0.15) is 25.8 Å². The van der Waals surface area contributed by atoms with Crippen molar-refractivity contribution in [1.29, 1.82) is 0 Å². The molecule has 0 saturated heterocycles. The molecule has 0 amide bonds. The lowest BCUT2D eigenvalue weighted by Gasteiger charge is -2.16. The normalized spacial score (nSPS) is 14.1. The topological polar surface area (TPSA) is 75.4 Å². The number of hydrogen-bond donors (Lipinski definition) is 2. The molecule has 5 heteroatoms. The van der Waals surface area contributed by atoms with Crippen LogP contribution in [0.2, 0.25) is 0 Å². The molecule has 1 aromatic rings. The number of nitro groups is 1. The summed E-state index contributed by atoms with van der Waals surface area (Å²) in [6.07, 6.45) is 0.118. The zero-order valence-corrected chi connectivity index (χ0v) is 10.3. The van der Waals surface area contributed by atoms with Crippen molar-refractivity contribution in [3.63, 3.8) is 0 Å². The Balaban J connectivity index is 2.86. The van der Waals surface area contributed by atoms with Gasteiger partial charge in [-0.2, -0.15) is 0 Å². The zero-order chi connectivity index (χ0) is 13.0. The van der Waals surface area contributed by atoms with Crippen molar-refractivity contribution in [1.82, 2.24) is 0 Å². The summed E-state index contributed by atoms with van der Waals surface area (Å²) in [7, 11) is 0. The lowest BCUT2D eigenvalue weighted by Crippen LogP contribution is -2.21. The Bertz CT molecular complexity index is 405. The molecule has 0 spiro atoms. The average molecular weight is 238 g/mol. The fourth-order valence-electron chi connectivity index (χ4n) is 1.75. The lowest BCUT2D eigenvalue weighted by atomic mass is 10.1. The molecule has 0 aliphatic rings. The molecule has 0 aliphatic carbocycles. The molecule has 2 N–H and O–H groups in total. The summed E-state index contributed by atoms with van der Waals surface area (Å²) in [5.41, 5.74) is 1.42. The van der Waals surface area contributed by atoms with Crippen LogP contribution in [0.15, 0.2) is 18.2 Å². The van der Waals surface area contributed by atoms with Crippen molar-refractivity contribution in [2.45, 2.75) is 39.3 Å². The molecular weight excluding hydrogens is 220 g/mol. The summed E-state index contributed by atoms with van der Waals surface area (Å²) >= 11 is 0. The van der Waals surface area contributed by atoms with E-state index in [2.05, 4.69) is 5.32 Å². The van der Waals surface area contributed by atoms with Crippen LogP contribution in [0.3, 0.4) is 0 Å². The Labute approximate surface area is 101 Å². The summed E-state index contributed by atoms with van der Waals surface area (Å²) in [5, 5.41) is 23.2. The predicted octanol–water partition coefficient (Wildman–Crippen LogP) is 2.47. The van der Waals surface area contributed by atoms with Crippen molar-refractivity contribution in [3.05, 3.63) is 33.9 Å². The second kappa shape index (κ2) is 5.63. The monoisotopic (exact) mass is 238 g/mol. The molecular formula is C12H18N2O3. The van der Waals surface area contributed by atoms with Gasteiger partial charge in [0, 0.05) is 12.1 Å². The first kappa shape index (κ1) is 13.4. The molecule has 0 bridgehead atoms. The van der Waals surface area contributed by atoms with Crippen LogP contribution in [0, 0.1) is 17.0 Å². The molecule has 0 saturated carbocycles. The van der Waals surface area contributed by atoms with Crippen molar-refractivity contribution in [2.75, 3.05) is 5.32 Å². The molecule has 5 nitrogen and oxygen atoms in total. The maximum Gasteiger partial charge on any atom is 0.292 e. The summed E-state index contributed by atoms with van der Waals surface area (Å²) in [4.78, 5) is 10.5. The summed E-state index contributed by atoms with van der Waals surface area (Å²) in [6, 6.07) is 5.05. The van der Waals surface area contributed by atoms with Crippen molar-refractivity contribution in [2.24, 2.45) is 0 Å². The third kappa shape index (κ3) is 4.03. The minimum absolute atomic E-state index is 0.0172. The van der Waals surface area contributed by atoms with Crippen LogP contribution in [0.5, 0.6) is 0 Å². The van der Waals surface area contributed by atoms with E-state index in [1.807, 2.05) is 19.9 Å². The third-order valence-electron chi connectivity index (χ3n) is 2.45. The van der Waals surface area contributed by atoms with E-state index in [0.29, 0.717) is 12.1 Å². The number of rotatable bonds is 5. The van der Waals surface area contributed by atoms with E-state index in [0.717, 1.165) is 5.56 Å². The molecule has 0 heterocycles. The second-order valence-corrected chi connectivity index (χ2v) is 4.41. The van der Waals surface area contributed by atoms with Gasteiger partial charge in [-0.25, -0.2) is 0 Å². The van der Waals surface area contributed by atoms with E-state index in [9.17, 15) is 15.2 Å². The van der Waals surface area contributed by atoms with Crippen LogP contribution in [-0.2, 0) is 0 Å². The molecule has 2 atom stereocenters. The molecule has 0 aliphatic heterocycles. The van der Waals surface area contributed by atoms with Gasteiger partial charge >= 0.3 is 0 Å². The Morgan fingerprint density at radius 3 is 2.65 bits per heavy atom. The molecule has 1 aromatic carbocycles. The Kier molecular flexibility index (Phi) is 4.45. The predicted molar refractivity (Wildman–Crippen MR) is 67.2 cm³/mol. The molecule has 1 rings (SSSR count). The highest BCUT2D eigenvalue weighted by Gasteiger charge is 2.16. The summed E-state index contributed by atoms with van der Waals surface area (Å²) in [5.74, 6) is 0. The van der Waals surface area contributed by atoms with Crippen LogP contribution in [-0.4, -0.2) is 22.2 Å². The number of aryl methyl sites for hydroxylation is 1. The van der Waals surface area contributed by atoms with Crippen LogP contribution < -0.4 is 5.32 Å². The number of nitrogens with one attached hydrogen (secondary N) is 1. The number of benzene rings is 1. The number of hydrogen-bond acceptors (Lipinski definition) is 4. The Morgan fingerprint density at radius 1 is 1.47 bits per heavy atom. The number of aliphatic hydroxyl groups is 1. The highest BCUT2D eigenvalue weighted by molar-refractivity contribution is 5.62. The van der Waals surface area contributed by atoms with Crippen LogP contribution >= 0.6 is 0 Å². The van der Waals surface area contributed by atoms with E-state index in [1.54, 1.807) is 13.0 Å². The maximum atomic E-state index is 10.9. The largest absolute Gasteiger partial charge is 0.393 e. The molecule has 0 radical (unpaired) electrons. The van der Waals surface area contributed by atoms with Gasteiger partial charge in [-0.05, 0) is 38.8 Å². The first-order valence-corrected chi connectivity index (χ1v) is 5.59. The SMILES string of the molecule is Cc1ccc(NC(C)CC(C)O)c([N+](=O)[O-])c1.